The lowest BCUT2D eigenvalue weighted by atomic mass is 9.98. The number of carboxylic acid groups (broad SMARTS) is 1. The summed E-state index contributed by atoms with van der Waals surface area (Å²) in [6.07, 6.45) is 2.77. The third kappa shape index (κ3) is 4.21. The van der Waals surface area contributed by atoms with Crippen LogP contribution in [0, 0.1) is 5.92 Å². The molecule has 1 aliphatic heterocycles. The lowest BCUT2D eigenvalue weighted by Gasteiger charge is -2.21. The van der Waals surface area contributed by atoms with Crippen LogP contribution >= 0.6 is 23.1 Å². The highest BCUT2D eigenvalue weighted by Gasteiger charge is 2.20. The number of hydrogen-bond donors (Lipinski definition) is 2. The Kier molecular flexibility index (Phi) is 5.42. The van der Waals surface area contributed by atoms with Gasteiger partial charge in [0.1, 0.15) is 5.01 Å². The van der Waals surface area contributed by atoms with Crippen LogP contribution in [0.2, 0.25) is 0 Å². The van der Waals surface area contributed by atoms with Gasteiger partial charge in [-0.25, -0.2) is 9.78 Å². The second-order valence-corrected chi connectivity index (χ2v) is 7.04. The van der Waals surface area contributed by atoms with E-state index in [1.165, 1.54) is 16.7 Å². The zero-order valence-corrected chi connectivity index (χ0v) is 12.9. The highest BCUT2D eigenvalue weighted by molar-refractivity contribution is 7.99. The molecule has 0 saturated carbocycles. The number of nitrogens with zero attached hydrogens (tertiary/aromatic N) is 1. The van der Waals surface area contributed by atoms with Gasteiger partial charge in [-0.05, 0) is 37.2 Å². The number of carboxylic acids is 1. The maximum atomic E-state index is 12.0. The largest absolute Gasteiger partial charge is 0.476 e. The Morgan fingerprint density at radius 1 is 1.50 bits per heavy atom. The minimum atomic E-state index is -1.04. The van der Waals surface area contributed by atoms with E-state index in [2.05, 4.69) is 10.3 Å². The van der Waals surface area contributed by atoms with Gasteiger partial charge in [-0.15, -0.1) is 11.3 Å². The van der Waals surface area contributed by atoms with Crippen molar-refractivity contribution in [1.82, 2.24) is 10.3 Å². The molecular formula is C13H18N2O3S2. The van der Waals surface area contributed by atoms with E-state index in [4.69, 9.17) is 5.11 Å². The molecule has 1 aliphatic rings. The van der Waals surface area contributed by atoms with Crippen molar-refractivity contribution in [2.24, 2.45) is 5.92 Å². The summed E-state index contributed by atoms with van der Waals surface area (Å²) in [5.74, 6) is 1.76. The number of nitrogens with one attached hydrogen (secondary N) is 1. The third-order valence-corrected chi connectivity index (χ3v) is 5.38. The van der Waals surface area contributed by atoms with E-state index in [9.17, 15) is 9.59 Å². The molecule has 1 aromatic rings. The van der Waals surface area contributed by atoms with Crippen molar-refractivity contribution in [2.45, 2.75) is 32.2 Å². The molecule has 0 bridgehead atoms. The number of carbonyl (C=O) groups excluding carboxylic acids is 1. The van der Waals surface area contributed by atoms with Gasteiger partial charge < -0.3 is 10.4 Å². The highest BCUT2D eigenvalue weighted by Crippen LogP contribution is 2.25. The summed E-state index contributed by atoms with van der Waals surface area (Å²) < 4.78 is 0. The number of amides is 1. The minimum Gasteiger partial charge on any atom is -0.476 e. The van der Waals surface area contributed by atoms with Crippen molar-refractivity contribution >= 4 is 35.0 Å². The van der Waals surface area contributed by atoms with E-state index in [1.54, 1.807) is 0 Å². The Hall–Kier alpha value is -1.08. The molecule has 0 aliphatic carbocycles. The zero-order valence-electron chi connectivity index (χ0n) is 11.3. The first-order chi connectivity index (χ1) is 9.56. The molecule has 1 unspecified atom stereocenters. The number of rotatable bonds is 5. The van der Waals surface area contributed by atoms with Crippen LogP contribution in [0.5, 0.6) is 0 Å². The van der Waals surface area contributed by atoms with Crippen molar-refractivity contribution in [2.75, 3.05) is 11.5 Å². The van der Waals surface area contributed by atoms with Crippen molar-refractivity contribution in [3.63, 3.8) is 0 Å². The predicted octanol–water partition coefficient (Wildman–Crippen LogP) is 2.55. The van der Waals surface area contributed by atoms with Gasteiger partial charge in [0.15, 0.2) is 5.69 Å². The van der Waals surface area contributed by atoms with E-state index in [0.717, 1.165) is 24.3 Å². The Labute approximate surface area is 126 Å². The van der Waals surface area contributed by atoms with E-state index < -0.39 is 5.97 Å². The molecule has 1 aromatic heterocycles. The van der Waals surface area contributed by atoms with Gasteiger partial charge in [-0.2, -0.15) is 11.8 Å². The lowest BCUT2D eigenvalue weighted by molar-refractivity contribution is -0.122. The molecule has 7 heteroatoms. The summed E-state index contributed by atoms with van der Waals surface area (Å²) in [5, 5.41) is 13.9. The first-order valence-corrected chi connectivity index (χ1v) is 8.65. The van der Waals surface area contributed by atoms with Crippen molar-refractivity contribution < 1.29 is 14.7 Å². The second-order valence-electron chi connectivity index (χ2n) is 4.93. The summed E-state index contributed by atoms with van der Waals surface area (Å²) in [6.45, 7) is 1.83. The second kappa shape index (κ2) is 7.08. The van der Waals surface area contributed by atoms with Gasteiger partial charge in [-0.1, -0.05) is 0 Å². The van der Waals surface area contributed by atoms with Gasteiger partial charge in [0, 0.05) is 11.8 Å². The molecule has 5 nitrogen and oxygen atoms in total. The van der Waals surface area contributed by atoms with Gasteiger partial charge in [0.25, 0.3) is 0 Å². The molecule has 1 amide bonds. The molecule has 110 valence electrons. The average Bonchev–Trinajstić information content (AvgIpc) is 2.89. The van der Waals surface area contributed by atoms with E-state index >= 15 is 0 Å². The number of aromatic nitrogens is 1. The number of aromatic carboxylic acids is 1. The number of hydrogen-bond acceptors (Lipinski definition) is 5. The fourth-order valence-corrected chi connectivity index (χ4v) is 4.16. The number of thiazole rings is 1. The highest BCUT2D eigenvalue weighted by atomic mass is 32.2. The summed E-state index contributed by atoms with van der Waals surface area (Å²) in [5.41, 5.74) is 0.0374. The van der Waals surface area contributed by atoms with Crippen LogP contribution in [0.1, 0.15) is 47.7 Å². The van der Waals surface area contributed by atoms with Gasteiger partial charge >= 0.3 is 5.97 Å². The Morgan fingerprint density at radius 2 is 2.20 bits per heavy atom. The topological polar surface area (TPSA) is 79.3 Å². The molecule has 1 fully saturated rings. The maximum Gasteiger partial charge on any atom is 0.355 e. The third-order valence-electron chi connectivity index (χ3n) is 3.30. The van der Waals surface area contributed by atoms with Crippen LogP contribution in [-0.4, -0.2) is 33.5 Å². The van der Waals surface area contributed by atoms with E-state index in [0.29, 0.717) is 17.3 Å². The van der Waals surface area contributed by atoms with Crippen LogP contribution in [0.25, 0.3) is 0 Å². The number of thioether (sulfide) groups is 1. The normalized spacial score (nSPS) is 17.6. The predicted molar refractivity (Wildman–Crippen MR) is 80.3 cm³/mol. The van der Waals surface area contributed by atoms with Crippen LogP contribution in [0.3, 0.4) is 0 Å². The van der Waals surface area contributed by atoms with Crippen molar-refractivity contribution in [3.8, 4) is 0 Å². The quantitative estimate of drug-likeness (QED) is 0.873. The lowest BCUT2D eigenvalue weighted by Crippen LogP contribution is -2.29. The summed E-state index contributed by atoms with van der Waals surface area (Å²) in [7, 11) is 0. The van der Waals surface area contributed by atoms with E-state index in [1.807, 2.05) is 18.7 Å². The Morgan fingerprint density at radius 3 is 2.80 bits per heavy atom. The Bertz CT molecular complexity index is 484. The SMILES string of the molecule is CC(NC(=O)CC1CCSCC1)c1nc(C(=O)O)cs1. The first-order valence-electron chi connectivity index (χ1n) is 6.62. The molecular weight excluding hydrogens is 296 g/mol. The van der Waals surface area contributed by atoms with E-state index in [-0.39, 0.29) is 17.6 Å². The maximum absolute atomic E-state index is 12.0. The molecule has 0 radical (unpaired) electrons. The fourth-order valence-electron chi connectivity index (χ4n) is 2.16. The average molecular weight is 314 g/mol. The molecule has 0 spiro atoms. The molecule has 2 N–H and O–H groups in total. The van der Waals surface area contributed by atoms with Crippen LogP contribution in [0.4, 0.5) is 0 Å². The zero-order chi connectivity index (χ0) is 14.5. The Balaban J connectivity index is 1.84. The van der Waals surface area contributed by atoms with Crippen LogP contribution in [0.15, 0.2) is 5.38 Å². The van der Waals surface area contributed by atoms with Crippen LogP contribution in [-0.2, 0) is 4.79 Å². The molecule has 2 heterocycles. The van der Waals surface area contributed by atoms with Gasteiger partial charge in [0.05, 0.1) is 6.04 Å². The number of carbonyl (C=O) groups is 2. The molecule has 1 saturated heterocycles. The van der Waals surface area contributed by atoms with Crippen LogP contribution < -0.4 is 5.32 Å². The monoisotopic (exact) mass is 314 g/mol. The minimum absolute atomic E-state index is 0.0291. The summed E-state index contributed by atoms with van der Waals surface area (Å²) >= 11 is 3.21. The van der Waals surface area contributed by atoms with Gasteiger partial charge in [-0.3, -0.25) is 4.79 Å². The molecule has 2 rings (SSSR count). The standard InChI is InChI=1S/C13H18N2O3S2/c1-8(12-15-10(7-20-12)13(17)18)14-11(16)6-9-2-4-19-5-3-9/h7-9H,2-6H2,1H3,(H,14,16)(H,17,18). The first kappa shape index (κ1) is 15.3. The summed E-state index contributed by atoms with van der Waals surface area (Å²) in [4.78, 5) is 26.8. The summed E-state index contributed by atoms with van der Waals surface area (Å²) in [6, 6.07) is -0.237. The smallest absolute Gasteiger partial charge is 0.355 e. The fraction of sp³-hybridized carbons (Fsp3) is 0.615. The molecule has 20 heavy (non-hydrogen) atoms. The van der Waals surface area contributed by atoms with Crippen molar-refractivity contribution in [1.29, 1.82) is 0 Å². The van der Waals surface area contributed by atoms with Crippen molar-refractivity contribution in [3.05, 3.63) is 16.1 Å². The molecule has 0 aromatic carbocycles. The molecule has 1 atom stereocenters. The van der Waals surface area contributed by atoms with Gasteiger partial charge in [0.2, 0.25) is 5.91 Å².